The molecule has 0 heterocycles. The maximum absolute atomic E-state index is 5.85. The normalized spacial score (nSPS) is 13.2. The highest BCUT2D eigenvalue weighted by Crippen LogP contribution is 2.24. The Bertz CT molecular complexity index is 410. The second-order valence-electron chi connectivity index (χ2n) is 4.40. The van der Waals surface area contributed by atoms with Gasteiger partial charge >= 0.3 is 0 Å². The van der Waals surface area contributed by atoms with Gasteiger partial charge in [-0.05, 0) is 18.9 Å². The van der Waals surface area contributed by atoms with Crippen molar-refractivity contribution in [1.82, 2.24) is 0 Å². The summed E-state index contributed by atoms with van der Waals surface area (Å²) in [4.78, 5) is 0. The summed E-state index contributed by atoms with van der Waals surface area (Å²) in [5, 5.41) is 0. The largest absolute Gasteiger partial charge is 0.354 e. The highest BCUT2D eigenvalue weighted by Gasteiger charge is 2.24. The molecule has 0 saturated carbocycles. The van der Waals surface area contributed by atoms with E-state index in [0.29, 0.717) is 6.61 Å². The Morgan fingerprint density at radius 1 is 1.33 bits per heavy atom. The van der Waals surface area contributed by atoms with Crippen LogP contribution in [0.3, 0.4) is 0 Å². The predicted octanol–water partition coefficient (Wildman–Crippen LogP) is 4.30. The summed E-state index contributed by atoms with van der Waals surface area (Å²) in [7, 11) is 0. The van der Waals surface area contributed by atoms with Crippen molar-refractivity contribution in [3.8, 4) is 11.8 Å². The van der Waals surface area contributed by atoms with Gasteiger partial charge in [-0.15, -0.1) is 6.58 Å². The second kappa shape index (κ2) is 7.74. The average molecular weight is 242 g/mol. The molecule has 0 aliphatic rings. The molecular formula is C17H22O. The Morgan fingerprint density at radius 2 is 2.06 bits per heavy atom. The fraction of sp³-hybridized carbons (Fsp3) is 0.412. The maximum atomic E-state index is 5.85. The summed E-state index contributed by atoms with van der Waals surface area (Å²) in [6.45, 7) is 8.39. The van der Waals surface area contributed by atoms with Crippen LogP contribution in [0.2, 0.25) is 0 Å². The average Bonchev–Trinajstić information content (AvgIpc) is 2.42. The minimum Gasteiger partial charge on any atom is -0.354 e. The van der Waals surface area contributed by atoms with Crippen LogP contribution in [0, 0.1) is 11.8 Å². The molecule has 0 saturated heterocycles. The molecule has 1 rings (SSSR count). The topological polar surface area (TPSA) is 9.23 Å². The molecule has 1 aromatic carbocycles. The molecule has 0 spiro atoms. The van der Waals surface area contributed by atoms with Crippen LogP contribution in [0.1, 0.15) is 38.7 Å². The third-order valence-electron chi connectivity index (χ3n) is 2.80. The fourth-order valence-corrected chi connectivity index (χ4v) is 1.67. The highest BCUT2D eigenvalue weighted by atomic mass is 16.5. The van der Waals surface area contributed by atoms with Gasteiger partial charge in [0.25, 0.3) is 0 Å². The molecule has 0 fully saturated rings. The Labute approximate surface area is 111 Å². The van der Waals surface area contributed by atoms with Crippen molar-refractivity contribution in [3.05, 3.63) is 48.6 Å². The van der Waals surface area contributed by atoms with Gasteiger partial charge in [0.05, 0.1) is 6.61 Å². The van der Waals surface area contributed by atoms with Gasteiger partial charge in [-0.2, -0.15) is 0 Å². The van der Waals surface area contributed by atoms with E-state index in [1.807, 2.05) is 25.1 Å². The van der Waals surface area contributed by atoms with Gasteiger partial charge in [-0.25, -0.2) is 0 Å². The van der Waals surface area contributed by atoms with Crippen molar-refractivity contribution in [1.29, 1.82) is 0 Å². The predicted molar refractivity (Wildman–Crippen MR) is 77.2 cm³/mol. The molecule has 0 aromatic heterocycles. The first-order valence-electron chi connectivity index (χ1n) is 6.53. The van der Waals surface area contributed by atoms with Crippen molar-refractivity contribution in [2.24, 2.45) is 0 Å². The lowest BCUT2D eigenvalue weighted by Crippen LogP contribution is -2.24. The molecule has 0 aliphatic heterocycles. The SMILES string of the molecule is C=CCOC(C)(C#CCCCC)c1ccccc1. The second-order valence-corrected chi connectivity index (χ2v) is 4.40. The summed E-state index contributed by atoms with van der Waals surface area (Å²) in [5.41, 5.74) is 0.555. The highest BCUT2D eigenvalue weighted by molar-refractivity contribution is 5.31. The van der Waals surface area contributed by atoms with Gasteiger partial charge in [-0.3, -0.25) is 0 Å². The quantitative estimate of drug-likeness (QED) is 0.410. The summed E-state index contributed by atoms with van der Waals surface area (Å²) in [5.74, 6) is 6.49. The van der Waals surface area contributed by atoms with Crippen LogP contribution < -0.4 is 0 Å². The molecule has 96 valence electrons. The Balaban J connectivity index is 2.87. The minimum absolute atomic E-state index is 0.508. The Morgan fingerprint density at radius 3 is 2.67 bits per heavy atom. The lowest BCUT2D eigenvalue weighted by atomic mass is 9.96. The first kappa shape index (κ1) is 14.5. The van der Waals surface area contributed by atoms with Crippen molar-refractivity contribution < 1.29 is 4.74 Å². The zero-order valence-corrected chi connectivity index (χ0v) is 11.4. The molecule has 1 aromatic rings. The molecule has 1 nitrogen and oxygen atoms in total. The fourth-order valence-electron chi connectivity index (χ4n) is 1.67. The van der Waals surface area contributed by atoms with Gasteiger partial charge in [0.15, 0.2) is 5.60 Å². The van der Waals surface area contributed by atoms with Crippen LogP contribution in [0.4, 0.5) is 0 Å². The van der Waals surface area contributed by atoms with Crippen LogP contribution in [-0.2, 0) is 10.3 Å². The zero-order valence-electron chi connectivity index (χ0n) is 11.4. The summed E-state index contributed by atoms with van der Waals surface area (Å²) >= 11 is 0. The first-order chi connectivity index (χ1) is 8.73. The summed E-state index contributed by atoms with van der Waals surface area (Å²) in [6, 6.07) is 10.1. The van der Waals surface area contributed by atoms with E-state index in [2.05, 4.69) is 37.5 Å². The van der Waals surface area contributed by atoms with Gasteiger partial charge < -0.3 is 4.74 Å². The van der Waals surface area contributed by atoms with E-state index >= 15 is 0 Å². The number of hydrogen-bond acceptors (Lipinski definition) is 1. The van der Waals surface area contributed by atoms with Crippen LogP contribution in [0.25, 0.3) is 0 Å². The lowest BCUT2D eigenvalue weighted by molar-refractivity contribution is 0.0288. The Hall–Kier alpha value is -1.52. The third kappa shape index (κ3) is 4.39. The van der Waals surface area contributed by atoms with E-state index in [-0.39, 0.29) is 0 Å². The molecule has 0 aliphatic carbocycles. The molecule has 0 bridgehead atoms. The van der Waals surface area contributed by atoms with Gasteiger partial charge in [0.1, 0.15) is 0 Å². The number of unbranched alkanes of at least 4 members (excludes halogenated alkanes) is 2. The molecule has 0 N–H and O–H groups in total. The Kier molecular flexibility index (Phi) is 6.25. The summed E-state index contributed by atoms with van der Waals surface area (Å²) < 4.78 is 5.85. The van der Waals surface area contributed by atoms with Crippen molar-refractivity contribution in [3.63, 3.8) is 0 Å². The minimum atomic E-state index is -0.539. The monoisotopic (exact) mass is 242 g/mol. The molecule has 0 radical (unpaired) electrons. The standard InChI is InChI=1S/C17H22O/c1-4-6-7-11-14-17(3,18-15-5-2)16-12-9-8-10-13-16/h5,8-10,12-13H,2,4,6-7,15H2,1,3H3. The lowest BCUT2D eigenvalue weighted by Gasteiger charge is -2.24. The molecule has 1 unspecified atom stereocenters. The van der Waals surface area contributed by atoms with Crippen LogP contribution >= 0.6 is 0 Å². The van der Waals surface area contributed by atoms with E-state index < -0.39 is 5.60 Å². The molecule has 1 heteroatoms. The van der Waals surface area contributed by atoms with E-state index in [4.69, 9.17) is 4.74 Å². The number of benzene rings is 1. The number of hydrogen-bond donors (Lipinski definition) is 0. The smallest absolute Gasteiger partial charge is 0.151 e. The first-order valence-corrected chi connectivity index (χ1v) is 6.53. The van der Waals surface area contributed by atoms with Crippen LogP contribution in [0.5, 0.6) is 0 Å². The third-order valence-corrected chi connectivity index (χ3v) is 2.80. The molecule has 0 amide bonds. The van der Waals surface area contributed by atoms with Crippen molar-refractivity contribution in [2.75, 3.05) is 6.61 Å². The van der Waals surface area contributed by atoms with E-state index in [9.17, 15) is 0 Å². The number of ether oxygens (including phenoxy) is 1. The van der Waals surface area contributed by atoms with Crippen LogP contribution in [-0.4, -0.2) is 6.61 Å². The van der Waals surface area contributed by atoms with Crippen LogP contribution in [0.15, 0.2) is 43.0 Å². The van der Waals surface area contributed by atoms with Gasteiger partial charge in [0, 0.05) is 6.42 Å². The zero-order chi connectivity index (χ0) is 13.3. The van der Waals surface area contributed by atoms with E-state index in [0.717, 1.165) is 18.4 Å². The maximum Gasteiger partial charge on any atom is 0.151 e. The van der Waals surface area contributed by atoms with Crippen molar-refractivity contribution >= 4 is 0 Å². The number of rotatable bonds is 6. The van der Waals surface area contributed by atoms with Gasteiger partial charge in [-0.1, -0.05) is 61.6 Å². The van der Waals surface area contributed by atoms with Gasteiger partial charge in [0.2, 0.25) is 0 Å². The molecule has 1 atom stereocenters. The molecule has 18 heavy (non-hydrogen) atoms. The summed E-state index contributed by atoms with van der Waals surface area (Å²) in [6.07, 6.45) is 4.99. The van der Waals surface area contributed by atoms with Crippen molar-refractivity contribution in [2.45, 2.75) is 38.7 Å². The van der Waals surface area contributed by atoms with E-state index in [1.165, 1.54) is 6.42 Å². The van der Waals surface area contributed by atoms with E-state index in [1.54, 1.807) is 6.08 Å². The molecular weight excluding hydrogens is 220 g/mol.